The molecule has 0 heterocycles. The third kappa shape index (κ3) is 7.09. The van der Waals surface area contributed by atoms with Crippen molar-refractivity contribution in [1.82, 2.24) is 0 Å². The third-order valence-corrected chi connectivity index (χ3v) is 1.12. The third-order valence-electron chi connectivity index (χ3n) is 1.12. The molecule has 0 aliphatic heterocycles. The summed E-state index contributed by atoms with van der Waals surface area (Å²) in [5.74, 6) is -0.846. The summed E-state index contributed by atoms with van der Waals surface area (Å²) in [6.45, 7) is 1.39. The Kier molecular flexibility index (Phi) is 6.78. The second kappa shape index (κ2) is 7.31. The van der Waals surface area contributed by atoms with Crippen molar-refractivity contribution in [3.8, 4) is 0 Å². The van der Waals surface area contributed by atoms with E-state index >= 15 is 0 Å². The first-order valence-corrected chi connectivity index (χ1v) is 3.73. The molecule has 0 unspecified atom stereocenters. The molecule has 11 heavy (non-hydrogen) atoms. The minimum Gasteiger partial charge on any atom is -0.393 e. The fourth-order valence-electron chi connectivity index (χ4n) is 0.559. The predicted octanol–water partition coefficient (Wildman–Crippen LogP) is 1.91. The largest absolute Gasteiger partial charge is 0.393 e. The van der Waals surface area contributed by atoms with Crippen molar-refractivity contribution < 1.29 is 14.3 Å². The van der Waals surface area contributed by atoms with Crippen molar-refractivity contribution in [2.45, 2.75) is 26.2 Å². The Morgan fingerprint density at radius 2 is 2.27 bits per heavy atom. The van der Waals surface area contributed by atoms with Gasteiger partial charge in [0.25, 0.3) is 0 Å². The van der Waals surface area contributed by atoms with Crippen LogP contribution in [0.25, 0.3) is 0 Å². The van der Waals surface area contributed by atoms with Crippen LogP contribution < -0.4 is 0 Å². The first-order valence-electron chi connectivity index (χ1n) is 3.73. The summed E-state index contributed by atoms with van der Waals surface area (Å²) in [7, 11) is 0. The van der Waals surface area contributed by atoms with Crippen molar-refractivity contribution in [3.05, 3.63) is 0 Å². The topological polar surface area (TPSA) is 41.5 Å². The van der Waals surface area contributed by atoms with Crippen LogP contribution in [0, 0.1) is 0 Å². The van der Waals surface area contributed by atoms with Crippen molar-refractivity contribution in [3.63, 3.8) is 0 Å². The molecule has 0 atom stereocenters. The lowest BCUT2D eigenvalue weighted by Crippen LogP contribution is -1.98. The monoisotopic (exact) mass is 162 g/mol. The van der Waals surface area contributed by atoms with E-state index in [0.29, 0.717) is 6.61 Å². The first-order chi connectivity index (χ1) is 5.31. The molecule has 3 nitrogen and oxygen atoms in total. The zero-order valence-corrected chi connectivity index (χ0v) is 6.68. The van der Waals surface area contributed by atoms with E-state index in [4.69, 9.17) is 0 Å². The highest BCUT2D eigenvalue weighted by molar-refractivity contribution is 5.73. The normalized spacial score (nSPS) is 11.6. The van der Waals surface area contributed by atoms with E-state index in [9.17, 15) is 9.50 Å². The number of halogens is 1. The zero-order chi connectivity index (χ0) is 8.53. The maximum absolute atomic E-state index is 11.4. The van der Waals surface area contributed by atoms with Gasteiger partial charge in [-0.05, 0) is 11.6 Å². The van der Waals surface area contributed by atoms with Gasteiger partial charge in [0.05, 0.1) is 0 Å². The van der Waals surface area contributed by atoms with E-state index < -0.39 is 12.6 Å². The van der Waals surface area contributed by atoms with Gasteiger partial charge in [0.15, 0.2) is 6.67 Å². The fourth-order valence-corrected chi connectivity index (χ4v) is 0.559. The molecule has 0 fully saturated rings. The molecule has 0 spiro atoms. The maximum atomic E-state index is 11.4. The molecule has 0 bridgehead atoms. The smallest absolute Gasteiger partial charge is 0.311 e. The van der Waals surface area contributed by atoms with Gasteiger partial charge in [0.2, 0.25) is 0 Å². The SMILES string of the molecule is CCCCCON=C([O])CF. The molecule has 0 rings (SSSR count). The summed E-state index contributed by atoms with van der Waals surface area (Å²) in [4.78, 5) is 4.52. The van der Waals surface area contributed by atoms with Crippen molar-refractivity contribution >= 4 is 5.90 Å². The lowest BCUT2D eigenvalue weighted by molar-refractivity contribution is 0.128. The van der Waals surface area contributed by atoms with E-state index in [1.54, 1.807) is 0 Å². The summed E-state index contributed by atoms with van der Waals surface area (Å²) in [5, 5.41) is 13.2. The highest BCUT2D eigenvalue weighted by Crippen LogP contribution is 1.94. The van der Waals surface area contributed by atoms with Crippen molar-refractivity contribution in [2.24, 2.45) is 5.16 Å². The van der Waals surface area contributed by atoms with Gasteiger partial charge in [-0.2, -0.15) is 0 Å². The van der Waals surface area contributed by atoms with Crippen LogP contribution in [0.5, 0.6) is 0 Å². The number of alkyl halides is 1. The van der Waals surface area contributed by atoms with Crippen LogP contribution in [0.15, 0.2) is 5.16 Å². The molecule has 65 valence electrons. The molecule has 0 aromatic carbocycles. The molecule has 0 aliphatic rings. The molecular formula is C7H13FNO2. The number of oxime groups is 1. The van der Waals surface area contributed by atoms with Gasteiger partial charge in [-0.1, -0.05) is 19.8 Å². The number of nitrogens with zero attached hydrogens (tertiary/aromatic N) is 1. The molecule has 0 amide bonds. The molecule has 4 heteroatoms. The summed E-state index contributed by atoms with van der Waals surface area (Å²) >= 11 is 0. The van der Waals surface area contributed by atoms with Gasteiger partial charge >= 0.3 is 5.90 Å². The number of hydrogen-bond donors (Lipinski definition) is 0. The van der Waals surface area contributed by atoms with Gasteiger partial charge in [-0.3, -0.25) is 5.11 Å². The highest BCUT2D eigenvalue weighted by atomic mass is 19.1. The van der Waals surface area contributed by atoms with E-state index in [0.717, 1.165) is 19.3 Å². The Bertz CT molecular complexity index is 117. The zero-order valence-electron chi connectivity index (χ0n) is 6.68. The molecule has 0 aromatic heterocycles. The Hall–Kier alpha value is -0.800. The summed E-state index contributed by atoms with van der Waals surface area (Å²) < 4.78 is 11.4. The summed E-state index contributed by atoms with van der Waals surface area (Å²) in [5.41, 5.74) is 0. The second-order valence-corrected chi connectivity index (χ2v) is 2.16. The van der Waals surface area contributed by atoms with Crippen LogP contribution in [0.3, 0.4) is 0 Å². The minimum atomic E-state index is -1.08. The minimum absolute atomic E-state index is 0.402. The first kappa shape index (κ1) is 10.2. The predicted molar refractivity (Wildman–Crippen MR) is 39.6 cm³/mol. The van der Waals surface area contributed by atoms with E-state index in [1.165, 1.54) is 0 Å². The molecule has 0 saturated heterocycles. The van der Waals surface area contributed by atoms with Crippen LogP contribution in [-0.2, 0) is 9.94 Å². The lowest BCUT2D eigenvalue weighted by atomic mass is 10.3. The number of rotatable bonds is 6. The van der Waals surface area contributed by atoms with Crippen LogP contribution >= 0.6 is 0 Å². The van der Waals surface area contributed by atoms with Gasteiger partial charge in [-0.15, -0.1) is 0 Å². The van der Waals surface area contributed by atoms with Crippen molar-refractivity contribution in [2.75, 3.05) is 13.3 Å². The number of hydrogen-bond acceptors (Lipinski definition) is 2. The number of unbranched alkanes of at least 4 members (excludes halogenated alkanes) is 2. The Labute approximate surface area is 65.9 Å². The molecular weight excluding hydrogens is 149 g/mol. The molecule has 0 aliphatic carbocycles. The van der Waals surface area contributed by atoms with E-state index in [1.807, 2.05) is 0 Å². The molecule has 1 radical (unpaired) electrons. The van der Waals surface area contributed by atoms with E-state index in [2.05, 4.69) is 16.9 Å². The van der Waals surface area contributed by atoms with Crippen LogP contribution in [0.4, 0.5) is 4.39 Å². The van der Waals surface area contributed by atoms with Gasteiger partial charge in [0.1, 0.15) is 6.61 Å². The summed E-state index contributed by atoms with van der Waals surface area (Å²) in [6, 6.07) is 0. The highest BCUT2D eigenvalue weighted by Gasteiger charge is 1.94. The standard InChI is InChI=1S/C7H13FNO2/c1-2-3-4-5-11-9-7(10)6-8/h2-6H2,1H3. The molecule has 0 aromatic rings. The Balaban J connectivity index is 3.12. The average Bonchev–Trinajstić information content (AvgIpc) is 2.04. The Morgan fingerprint density at radius 3 is 2.82 bits per heavy atom. The van der Waals surface area contributed by atoms with Gasteiger partial charge in [-0.25, -0.2) is 4.39 Å². The quantitative estimate of drug-likeness (QED) is 0.254. The average molecular weight is 162 g/mol. The summed E-state index contributed by atoms with van der Waals surface area (Å²) in [6.07, 6.45) is 2.99. The van der Waals surface area contributed by atoms with Crippen LogP contribution in [0.1, 0.15) is 26.2 Å². The molecule has 0 saturated carbocycles. The second-order valence-electron chi connectivity index (χ2n) is 2.16. The van der Waals surface area contributed by atoms with Gasteiger partial charge < -0.3 is 4.84 Å². The van der Waals surface area contributed by atoms with Crippen molar-refractivity contribution in [1.29, 1.82) is 0 Å². The Morgan fingerprint density at radius 1 is 1.55 bits per heavy atom. The lowest BCUT2D eigenvalue weighted by Gasteiger charge is -1.96. The van der Waals surface area contributed by atoms with Crippen LogP contribution in [0.2, 0.25) is 0 Å². The maximum Gasteiger partial charge on any atom is 0.311 e. The molecule has 0 N–H and O–H groups in total. The fraction of sp³-hybridized carbons (Fsp3) is 0.857. The van der Waals surface area contributed by atoms with Gasteiger partial charge in [0, 0.05) is 0 Å². The van der Waals surface area contributed by atoms with Crippen LogP contribution in [-0.4, -0.2) is 19.2 Å². The van der Waals surface area contributed by atoms with E-state index in [-0.39, 0.29) is 0 Å².